The number of para-hydroxylation sites is 1. The predicted molar refractivity (Wildman–Crippen MR) is 84.2 cm³/mol. The number of carbonyl (C=O) groups is 1. The van der Waals surface area contributed by atoms with E-state index in [1.54, 1.807) is 0 Å². The molecule has 0 N–H and O–H groups in total. The van der Waals surface area contributed by atoms with Gasteiger partial charge in [0.05, 0.1) is 0 Å². The molecule has 0 spiro atoms. The Morgan fingerprint density at radius 2 is 1.65 bits per heavy atom. The third-order valence-electron chi connectivity index (χ3n) is 3.97. The van der Waals surface area contributed by atoms with Crippen molar-refractivity contribution in [2.24, 2.45) is 5.92 Å². The first-order chi connectivity index (χ1) is 9.49. The Balaban J connectivity index is 1.99. The number of aryl methyl sites for hydroxylation is 2. The zero-order valence-corrected chi connectivity index (χ0v) is 13.1. The Morgan fingerprint density at radius 3 is 2.15 bits per heavy atom. The van der Waals surface area contributed by atoms with Crippen molar-refractivity contribution in [2.45, 2.75) is 34.1 Å². The molecule has 0 aromatic heterocycles. The summed E-state index contributed by atoms with van der Waals surface area (Å²) in [7, 11) is 0. The quantitative estimate of drug-likeness (QED) is 0.846. The van der Waals surface area contributed by atoms with Crippen LogP contribution in [0, 0.1) is 19.8 Å². The highest BCUT2D eigenvalue weighted by Gasteiger charge is 2.23. The third kappa shape index (κ3) is 3.33. The van der Waals surface area contributed by atoms with Crippen LogP contribution in [-0.2, 0) is 4.79 Å². The van der Waals surface area contributed by atoms with Crippen molar-refractivity contribution in [3.8, 4) is 0 Å². The molecule has 20 heavy (non-hydrogen) atoms. The molecule has 3 nitrogen and oxygen atoms in total. The van der Waals surface area contributed by atoms with Gasteiger partial charge in [-0.15, -0.1) is 0 Å². The van der Waals surface area contributed by atoms with Gasteiger partial charge in [-0.05, 0) is 30.9 Å². The van der Waals surface area contributed by atoms with Gasteiger partial charge in [0.1, 0.15) is 0 Å². The molecule has 1 aliphatic heterocycles. The number of amides is 1. The molecule has 1 aliphatic rings. The Morgan fingerprint density at radius 1 is 1.10 bits per heavy atom. The molecular weight excluding hydrogens is 248 g/mol. The van der Waals surface area contributed by atoms with E-state index >= 15 is 0 Å². The smallest absolute Gasteiger partial charge is 0.222 e. The van der Waals surface area contributed by atoms with Crippen LogP contribution in [0.4, 0.5) is 5.69 Å². The first-order valence-electron chi connectivity index (χ1n) is 7.58. The highest BCUT2D eigenvalue weighted by molar-refractivity contribution is 5.76. The second-order valence-corrected chi connectivity index (χ2v) is 6.21. The van der Waals surface area contributed by atoms with Crippen LogP contribution in [0.5, 0.6) is 0 Å². The summed E-state index contributed by atoms with van der Waals surface area (Å²) in [4.78, 5) is 16.5. The van der Waals surface area contributed by atoms with Crippen LogP contribution in [0.3, 0.4) is 0 Å². The van der Waals surface area contributed by atoms with Crippen LogP contribution >= 0.6 is 0 Å². The van der Waals surface area contributed by atoms with Gasteiger partial charge in [0, 0.05) is 38.3 Å². The summed E-state index contributed by atoms with van der Waals surface area (Å²) in [5, 5.41) is 0. The fraction of sp³-hybridized carbons (Fsp3) is 0.588. The molecule has 0 bridgehead atoms. The van der Waals surface area contributed by atoms with Gasteiger partial charge in [0.15, 0.2) is 0 Å². The molecule has 1 amide bonds. The second-order valence-electron chi connectivity index (χ2n) is 6.21. The van der Waals surface area contributed by atoms with Crippen molar-refractivity contribution in [1.29, 1.82) is 0 Å². The van der Waals surface area contributed by atoms with Crippen molar-refractivity contribution in [3.05, 3.63) is 29.3 Å². The van der Waals surface area contributed by atoms with Gasteiger partial charge >= 0.3 is 0 Å². The molecule has 1 aromatic rings. The third-order valence-corrected chi connectivity index (χ3v) is 3.97. The van der Waals surface area contributed by atoms with Crippen molar-refractivity contribution in [3.63, 3.8) is 0 Å². The summed E-state index contributed by atoms with van der Waals surface area (Å²) < 4.78 is 0. The van der Waals surface area contributed by atoms with E-state index in [0.717, 1.165) is 26.2 Å². The van der Waals surface area contributed by atoms with Gasteiger partial charge in [0.2, 0.25) is 5.91 Å². The van der Waals surface area contributed by atoms with E-state index in [4.69, 9.17) is 0 Å². The standard InChI is InChI=1S/C17H26N2O/c1-13(2)12-16(20)18-8-10-19(11-9-18)17-14(3)6-5-7-15(17)4/h5-7,13H,8-12H2,1-4H3. The zero-order valence-electron chi connectivity index (χ0n) is 13.1. The SMILES string of the molecule is Cc1cccc(C)c1N1CCN(C(=O)CC(C)C)CC1. The average molecular weight is 274 g/mol. The topological polar surface area (TPSA) is 23.6 Å². The number of anilines is 1. The zero-order chi connectivity index (χ0) is 14.7. The normalized spacial score (nSPS) is 15.8. The van der Waals surface area contributed by atoms with E-state index in [-0.39, 0.29) is 0 Å². The van der Waals surface area contributed by atoms with E-state index < -0.39 is 0 Å². The lowest BCUT2D eigenvalue weighted by Gasteiger charge is -2.37. The minimum Gasteiger partial charge on any atom is -0.368 e. The van der Waals surface area contributed by atoms with Crippen LogP contribution in [0.15, 0.2) is 18.2 Å². The van der Waals surface area contributed by atoms with Crippen molar-refractivity contribution in [1.82, 2.24) is 4.90 Å². The van der Waals surface area contributed by atoms with Gasteiger partial charge < -0.3 is 9.80 Å². The lowest BCUT2D eigenvalue weighted by Crippen LogP contribution is -2.49. The molecule has 1 aromatic carbocycles. The van der Waals surface area contributed by atoms with Crippen LogP contribution in [0.2, 0.25) is 0 Å². The summed E-state index contributed by atoms with van der Waals surface area (Å²) in [6.45, 7) is 12.1. The van der Waals surface area contributed by atoms with E-state index in [2.05, 4.69) is 50.8 Å². The molecule has 0 unspecified atom stereocenters. The van der Waals surface area contributed by atoms with E-state index in [1.807, 2.05) is 4.90 Å². The molecule has 1 saturated heterocycles. The average Bonchev–Trinajstić information content (AvgIpc) is 2.38. The molecule has 0 radical (unpaired) electrons. The number of rotatable bonds is 3. The van der Waals surface area contributed by atoms with Crippen LogP contribution < -0.4 is 4.90 Å². The Bertz CT molecular complexity index is 454. The summed E-state index contributed by atoms with van der Waals surface area (Å²) in [6, 6.07) is 6.44. The fourth-order valence-electron chi connectivity index (χ4n) is 2.96. The second kappa shape index (κ2) is 6.29. The molecule has 2 rings (SSSR count). The van der Waals surface area contributed by atoms with Crippen LogP contribution in [0.25, 0.3) is 0 Å². The number of piperazine rings is 1. The largest absolute Gasteiger partial charge is 0.368 e. The van der Waals surface area contributed by atoms with E-state index in [1.165, 1.54) is 16.8 Å². The summed E-state index contributed by atoms with van der Waals surface area (Å²) in [5.41, 5.74) is 4.00. The number of nitrogens with zero attached hydrogens (tertiary/aromatic N) is 2. The number of carbonyl (C=O) groups excluding carboxylic acids is 1. The highest BCUT2D eigenvalue weighted by atomic mass is 16.2. The molecule has 1 heterocycles. The summed E-state index contributed by atoms with van der Waals surface area (Å²) in [6.07, 6.45) is 0.670. The molecule has 0 atom stereocenters. The molecule has 0 aliphatic carbocycles. The lowest BCUT2D eigenvalue weighted by atomic mass is 10.1. The maximum atomic E-state index is 12.1. The minimum absolute atomic E-state index is 0.307. The van der Waals surface area contributed by atoms with E-state index in [0.29, 0.717) is 18.2 Å². The van der Waals surface area contributed by atoms with Crippen molar-refractivity contribution < 1.29 is 4.79 Å². The minimum atomic E-state index is 0.307. The molecule has 1 fully saturated rings. The predicted octanol–water partition coefficient (Wildman–Crippen LogP) is 3.00. The fourth-order valence-corrected chi connectivity index (χ4v) is 2.96. The number of benzene rings is 1. The molecule has 110 valence electrons. The van der Waals surface area contributed by atoms with Gasteiger partial charge in [-0.25, -0.2) is 0 Å². The number of hydrogen-bond donors (Lipinski definition) is 0. The Hall–Kier alpha value is -1.51. The Kier molecular flexibility index (Phi) is 4.69. The van der Waals surface area contributed by atoms with Gasteiger partial charge in [-0.1, -0.05) is 32.0 Å². The summed E-state index contributed by atoms with van der Waals surface area (Å²) in [5.74, 6) is 0.750. The number of hydrogen-bond acceptors (Lipinski definition) is 2. The monoisotopic (exact) mass is 274 g/mol. The molecule has 3 heteroatoms. The first-order valence-corrected chi connectivity index (χ1v) is 7.58. The maximum Gasteiger partial charge on any atom is 0.222 e. The van der Waals surface area contributed by atoms with Crippen LogP contribution in [0.1, 0.15) is 31.4 Å². The highest BCUT2D eigenvalue weighted by Crippen LogP contribution is 2.25. The molecular formula is C17H26N2O. The molecule has 0 saturated carbocycles. The maximum absolute atomic E-state index is 12.1. The van der Waals surface area contributed by atoms with E-state index in [9.17, 15) is 4.79 Å². The summed E-state index contributed by atoms with van der Waals surface area (Å²) >= 11 is 0. The van der Waals surface area contributed by atoms with Gasteiger partial charge in [-0.3, -0.25) is 4.79 Å². The Labute approximate surface area is 122 Å². The van der Waals surface area contributed by atoms with Gasteiger partial charge in [0.25, 0.3) is 0 Å². The van der Waals surface area contributed by atoms with Crippen LogP contribution in [-0.4, -0.2) is 37.0 Å². The van der Waals surface area contributed by atoms with Crippen molar-refractivity contribution >= 4 is 11.6 Å². The lowest BCUT2D eigenvalue weighted by molar-refractivity contribution is -0.132. The van der Waals surface area contributed by atoms with Crippen molar-refractivity contribution in [2.75, 3.05) is 31.1 Å². The first kappa shape index (κ1) is 14.9. The van der Waals surface area contributed by atoms with Gasteiger partial charge in [-0.2, -0.15) is 0 Å².